The van der Waals surface area contributed by atoms with E-state index in [0.29, 0.717) is 46.9 Å². The summed E-state index contributed by atoms with van der Waals surface area (Å²) < 4.78 is 16.0. The van der Waals surface area contributed by atoms with Gasteiger partial charge < -0.3 is 18.9 Å². The van der Waals surface area contributed by atoms with Gasteiger partial charge in [0.05, 0.1) is 19.9 Å². The van der Waals surface area contributed by atoms with Gasteiger partial charge in [0.25, 0.3) is 5.89 Å². The van der Waals surface area contributed by atoms with Crippen LogP contribution in [0.25, 0.3) is 11.5 Å². The Morgan fingerprint density at radius 3 is 2.79 bits per heavy atom. The Hall–Kier alpha value is -3.06. The number of rotatable bonds is 5. The Morgan fingerprint density at radius 1 is 1.18 bits per heavy atom. The van der Waals surface area contributed by atoms with Crippen LogP contribution < -0.4 is 14.4 Å². The number of amides is 1. The Labute approximate surface area is 166 Å². The fourth-order valence-electron chi connectivity index (χ4n) is 3.26. The molecule has 0 radical (unpaired) electrons. The summed E-state index contributed by atoms with van der Waals surface area (Å²) in [7, 11) is 3.14. The molecule has 1 aliphatic heterocycles. The minimum Gasteiger partial charge on any atom is -0.497 e. The maximum atomic E-state index is 12.6. The molecule has 2 aromatic carbocycles. The molecule has 0 bridgehead atoms. The zero-order chi connectivity index (χ0) is 19.7. The maximum Gasteiger partial charge on any atom is 0.257 e. The number of anilines is 1. The first kappa shape index (κ1) is 18.3. The van der Waals surface area contributed by atoms with Gasteiger partial charge in [0, 0.05) is 35.5 Å². The summed E-state index contributed by atoms with van der Waals surface area (Å²) in [4.78, 5) is 18.8. The summed E-state index contributed by atoms with van der Waals surface area (Å²) >= 11 is 6.02. The van der Waals surface area contributed by atoms with E-state index >= 15 is 0 Å². The van der Waals surface area contributed by atoms with Gasteiger partial charge in [-0.05, 0) is 30.3 Å². The number of ether oxygens (including phenoxy) is 2. The molecule has 0 aliphatic carbocycles. The average Bonchev–Trinajstić information content (AvgIpc) is 3.34. The minimum absolute atomic E-state index is 0.0254. The molecule has 1 saturated heterocycles. The van der Waals surface area contributed by atoms with E-state index in [-0.39, 0.29) is 11.8 Å². The van der Waals surface area contributed by atoms with Crippen LogP contribution in [0.3, 0.4) is 0 Å². The number of aromatic nitrogens is 2. The van der Waals surface area contributed by atoms with Crippen LogP contribution in [0.1, 0.15) is 18.2 Å². The number of methoxy groups -OCH3 is 2. The molecule has 0 N–H and O–H groups in total. The molecule has 1 unspecified atom stereocenters. The van der Waals surface area contributed by atoms with E-state index in [2.05, 4.69) is 10.1 Å². The summed E-state index contributed by atoms with van der Waals surface area (Å²) in [6.45, 7) is 0.441. The van der Waals surface area contributed by atoms with Crippen LogP contribution in [0.2, 0.25) is 5.02 Å². The van der Waals surface area contributed by atoms with Gasteiger partial charge in [0.15, 0.2) is 5.82 Å². The van der Waals surface area contributed by atoms with Gasteiger partial charge in [-0.1, -0.05) is 22.8 Å². The molecule has 8 heteroatoms. The first-order valence-corrected chi connectivity index (χ1v) is 9.08. The zero-order valence-electron chi connectivity index (χ0n) is 15.4. The molecule has 3 aromatic rings. The molecule has 4 rings (SSSR count). The molecular formula is C20H18ClN3O4. The van der Waals surface area contributed by atoms with Crippen molar-refractivity contribution in [3.8, 4) is 23.0 Å². The first-order valence-electron chi connectivity index (χ1n) is 8.71. The Morgan fingerprint density at radius 2 is 2.04 bits per heavy atom. The summed E-state index contributed by atoms with van der Waals surface area (Å²) in [5.41, 5.74) is 1.43. The third kappa shape index (κ3) is 3.41. The number of carbonyl (C=O) groups excluding carboxylic acids is 1. The monoisotopic (exact) mass is 399 g/mol. The average molecular weight is 400 g/mol. The SMILES string of the molecule is COc1ccc(N2CC(c3noc(-c4cccc(Cl)c4)n3)CC2=O)c(OC)c1. The molecule has 1 atom stereocenters. The van der Waals surface area contributed by atoms with Crippen LogP contribution >= 0.6 is 11.6 Å². The zero-order valence-corrected chi connectivity index (χ0v) is 16.1. The molecule has 144 valence electrons. The van der Waals surface area contributed by atoms with Crippen molar-refractivity contribution in [3.63, 3.8) is 0 Å². The Bertz CT molecular complexity index is 1020. The first-order chi connectivity index (χ1) is 13.6. The van der Waals surface area contributed by atoms with E-state index in [0.717, 1.165) is 5.56 Å². The lowest BCUT2D eigenvalue weighted by Gasteiger charge is -2.19. The van der Waals surface area contributed by atoms with Crippen LogP contribution in [0.4, 0.5) is 5.69 Å². The number of benzene rings is 2. The highest BCUT2D eigenvalue weighted by molar-refractivity contribution is 6.30. The lowest BCUT2D eigenvalue weighted by molar-refractivity contribution is -0.117. The van der Waals surface area contributed by atoms with E-state index in [1.807, 2.05) is 18.2 Å². The van der Waals surface area contributed by atoms with Crippen molar-refractivity contribution in [1.29, 1.82) is 0 Å². The van der Waals surface area contributed by atoms with Gasteiger partial charge in [0.1, 0.15) is 11.5 Å². The Balaban J connectivity index is 1.57. The van der Waals surface area contributed by atoms with Crippen LogP contribution in [-0.4, -0.2) is 36.8 Å². The van der Waals surface area contributed by atoms with Crippen LogP contribution in [-0.2, 0) is 4.79 Å². The molecule has 1 aliphatic rings. The summed E-state index contributed by atoms with van der Waals surface area (Å²) in [5.74, 6) is 1.91. The van der Waals surface area contributed by atoms with Crippen LogP contribution in [0, 0.1) is 0 Å². The van der Waals surface area contributed by atoms with E-state index in [1.54, 1.807) is 43.4 Å². The van der Waals surface area contributed by atoms with E-state index < -0.39 is 0 Å². The van der Waals surface area contributed by atoms with Crippen molar-refractivity contribution in [2.45, 2.75) is 12.3 Å². The molecule has 28 heavy (non-hydrogen) atoms. The normalized spacial score (nSPS) is 16.5. The highest BCUT2D eigenvalue weighted by Gasteiger charge is 2.36. The van der Waals surface area contributed by atoms with Crippen molar-refractivity contribution in [2.24, 2.45) is 0 Å². The topological polar surface area (TPSA) is 77.7 Å². The standard InChI is InChI=1S/C20H18ClN3O4/c1-26-15-6-7-16(17(10-15)27-2)24-11-13(9-18(24)25)19-22-20(28-23-19)12-4-3-5-14(21)8-12/h3-8,10,13H,9,11H2,1-2H3. The van der Waals surface area contributed by atoms with Gasteiger partial charge in [-0.15, -0.1) is 0 Å². The number of hydrogen-bond acceptors (Lipinski definition) is 6. The van der Waals surface area contributed by atoms with Crippen molar-refractivity contribution < 1.29 is 18.8 Å². The minimum atomic E-state index is -0.170. The van der Waals surface area contributed by atoms with E-state index in [1.165, 1.54) is 0 Å². The molecule has 0 spiro atoms. The van der Waals surface area contributed by atoms with Gasteiger partial charge in [0.2, 0.25) is 5.91 Å². The third-order valence-electron chi connectivity index (χ3n) is 4.68. The summed E-state index contributed by atoms with van der Waals surface area (Å²) in [6.07, 6.45) is 0.295. The van der Waals surface area contributed by atoms with Crippen LogP contribution in [0.5, 0.6) is 11.5 Å². The second-order valence-corrected chi connectivity index (χ2v) is 6.85. The molecular weight excluding hydrogens is 382 g/mol. The van der Waals surface area contributed by atoms with Gasteiger partial charge in [-0.3, -0.25) is 4.79 Å². The van der Waals surface area contributed by atoms with Gasteiger partial charge in [-0.25, -0.2) is 0 Å². The smallest absolute Gasteiger partial charge is 0.257 e. The van der Waals surface area contributed by atoms with Crippen molar-refractivity contribution in [1.82, 2.24) is 10.1 Å². The Kier molecular flexibility index (Phi) is 4.92. The number of carbonyl (C=O) groups is 1. The largest absolute Gasteiger partial charge is 0.497 e. The fourth-order valence-corrected chi connectivity index (χ4v) is 3.45. The second kappa shape index (κ2) is 7.52. The molecule has 1 fully saturated rings. The highest BCUT2D eigenvalue weighted by atomic mass is 35.5. The fraction of sp³-hybridized carbons (Fsp3) is 0.250. The van der Waals surface area contributed by atoms with Crippen LogP contribution in [0.15, 0.2) is 47.0 Å². The lowest BCUT2D eigenvalue weighted by atomic mass is 10.1. The predicted octanol–water partition coefficient (Wildman–Crippen LogP) is 3.93. The van der Waals surface area contributed by atoms with Crippen molar-refractivity contribution in [3.05, 3.63) is 53.3 Å². The van der Waals surface area contributed by atoms with Gasteiger partial charge >= 0.3 is 0 Å². The highest BCUT2D eigenvalue weighted by Crippen LogP contribution is 2.38. The quantitative estimate of drug-likeness (QED) is 0.647. The van der Waals surface area contributed by atoms with Crippen molar-refractivity contribution in [2.75, 3.05) is 25.7 Å². The molecule has 7 nitrogen and oxygen atoms in total. The molecule has 0 saturated carbocycles. The molecule has 1 aromatic heterocycles. The number of nitrogens with zero attached hydrogens (tertiary/aromatic N) is 3. The van der Waals surface area contributed by atoms with Gasteiger partial charge in [-0.2, -0.15) is 4.98 Å². The lowest BCUT2D eigenvalue weighted by Crippen LogP contribution is -2.24. The summed E-state index contributed by atoms with van der Waals surface area (Å²) in [6, 6.07) is 12.6. The van der Waals surface area contributed by atoms with Crippen molar-refractivity contribution >= 4 is 23.2 Å². The molecule has 2 heterocycles. The second-order valence-electron chi connectivity index (χ2n) is 6.41. The molecule has 1 amide bonds. The number of hydrogen-bond donors (Lipinski definition) is 0. The number of halogens is 1. The van der Waals surface area contributed by atoms with E-state index in [4.69, 9.17) is 25.6 Å². The van der Waals surface area contributed by atoms with E-state index in [9.17, 15) is 4.79 Å². The third-order valence-corrected chi connectivity index (χ3v) is 4.92. The maximum absolute atomic E-state index is 12.6. The predicted molar refractivity (Wildman–Crippen MR) is 104 cm³/mol. The summed E-state index contributed by atoms with van der Waals surface area (Å²) in [5, 5.41) is 4.67.